The molecule has 1 aliphatic carbocycles. The van der Waals surface area contributed by atoms with Crippen LogP contribution in [0, 0.1) is 11.3 Å². The average molecular weight is 331 g/mol. The van der Waals surface area contributed by atoms with Gasteiger partial charge in [0.2, 0.25) is 5.89 Å². The van der Waals surface area contributed by atoms with E-state index in [0.717, 1.165) is 36.7 Å². The lowest BCUT2D eigenvalue weighted by molar-refractivity contribution is -0.125. The Morgan fingerprint density at radius 2 is 2.08 bits per heavy atom. The fraction of sp³-hybridized carbons (Fsp3) is 0.647. The summed E-state index contributed by atoms with van der Waals surface area (Å²) in [5.41, 5.74) is 0.845. The van der Waals surface area contributed by atoms with Gasteiger partial charge in [0, 0.05) is 38.2 Å². The zero-order valence-electron chi connectivity index (χ0n) is 14.3. The van der Waals surface area contributed by atoms with Crippen LogP contribution in [0.3, 0.4) is 0 Å². The maximum atomic E-state index is 12.3. The van der Waals surface area contributed by atoms with E-state index in [4.69, 9.17) is 9.93 Å². The predicted octanol–water partition coefficient (Wildman–Crippen LogP) is 1.87. The summed E-state index contributed by atoms with van der Waals surface area (Å²) >= 11 is 0. The van der Waals surface area contributed by atoms with E-state index in [1.54, 1.807) is 18.0 Å². The Labute approximate surface area is 142 Å². The second-order valence-electron chi connectivity index (χ2n) is 6.75. The van der Waals surface area contributed by atoms with Gasteiger partial charge in [0.25, 0.3) is 5.91 Å². The Hall–Kier alpha value is -2.18. The van der Waals surface area contributed by atoms with Crippen molar-refractivity contribution in [3.8, 4) is 0 Å². The normalized spacial score (nSPS) is 19.4. The fourth-order valence-corrected chi connectivity index (χ4v) is 2.97. The molecule has 2 aliphatic rings. The van der Waals surface area contributed by atoms with Gasteiger partial charge in [0.05, 0.1) is 0 Å². The van der Waals surface area contributed by atoms with E-state index in [-0.39, 0.29) is 11.6 Å². The Balaban J connectivity index is 1.48. The molecule has 1 aromatic rings. The summed E-state index contributed by atoms with van der Waals surface area (Å²) in [6.07, 6.45) is 6.54. The summed E-state index contributed by atoms with van der Waals surface area (Å²) in [6, 6.07) is 0. The molecule has 2 N–H and O–H groups in total. The lowest BCUT2D eigenvalue weighted by Gasteiger charge is -2.31. The molecular formula is C17H25N5O2. The van der Waals surface area contributed by atoms with Crippen LogP contribution in [0.15, 0.2) is 16.3 Å². The van der Waals surface area contributed by atoms with Crippen molar-refractivity contribution in [2.45, 2.75) is 44.9 Å². The molecule has 1 aliphatic heterocycles. The second kappa shape index (κ2) is 7.15. The van der Waals surface area contributed by atoms with Gasteiger partial charge < -0.3 is 14.7 Å². The van der Waals surface area contributed by atoms with Crippen molar-refractivity contribution in [1.82, 2.24) is 20.4 Å². The summed E-state index contributed by atoms with van der Waals surface area (Å²) in [5.74, 6) is 2.36. The Morgan fingerprint density at radius 1 is 1.38 bits per heavy atom. The molecule has 0 radical (unpaired) electrons. The molecule has 3 rings (SSSR count). The van der Waals surface area contributed by atoms with E-state index in [2.05, 4.69) is 15.5 Å². The van der Waals surface area contributed by atoms with Gasteiger partial charge in [0.1, 0.15) is 5.71 Å². The first-order chi connectivity index (χ1) is 11.6. The number of amides is 1. The SMILES string of the molecule is CN/C(C)=C\C(=N)C(=O)N1CCC(Cc2nc(C3CC3)no2)CC1. The number of aromatic nitrogens is 2. The van der Waals surface area contributed by atoms with E-state index in [1.807, 2.05) is 6.92 Å². The maximum absolute atomic E-state index is 12.3. The topological polar surface area (TPSA) is 95.1 Å². The van der Waals surface area contributed by atoms with Crippen LogP contribution in [0.2, 0.25) is 0 Å². The summed E-state index contributed by atoms with van der Waals surface area (Å²) in [7, 11) is 1.78. The van der Waals surface area contributed by atoms with E-state index in [0.29, 0.717) is 24.9 Å². The van der Waals surface area contributed by atoms with Crippen molar-refractivity contribution in [3.05, 3.63) is 23.5 Å². The molecule has 1 saturated carbocycles. The maximum Gasteiger partial charge on any atom is 0.271 e. The molecule has 24 heavy (non-hydrogen) atoms. The van der Waals surface area contributed by atoms with Gasteiger partial charge in [-0.1, -0.05) is 5.16 Å². The minimum Gasteiger partial charge on any atom is -0.392 e. The molecule has 0 aromatic carbocycles. The van der Waals surface area contributed by atoms with Gasteiger partial charge in [-0.15, -0.1) is 0 Å². The first kappa shape index (κ1) is 16.7. The molecule has 2 heterocycles. The molecule has 0 unspecified atom stereocenters. The van der Waals surface area contributed by atoms with Crippen LogP contribution < -0.4 is 5.32 Å². The predicted molar refractivity (Wildman–Crippen MR) is 89.8 cm³/mol. The Kier molecular flexibility index (Phi) is 4.97. The standard InChI is InChI=1S/C17H25N5O2/c1-11(19-2)9-14(18)17(23)22-7-5-12(6-8-22)10-15-20-16(21-24-15)13-3-4-13/h9,12-13,18-19H,3-8,10H2,1-2H3/b11-9-,18-14?. The number of rotatable bonds is 6. The van der Waals surface area contributed by atoms with Gasteiger partial charge in [-0.3, -0.25) is 10.2 Å². The average Bonchev–Trinajstić information content (AvgIpc) is 3.34. The molecule has 1 saturated heterocycles. The van der Waals surface area contributed by atoms with Crippen molar-refractivity contribution >= 4 is 11.6 Å². The van der Waals surface area contributed by atoms with Crippen LogP contribution in [0.1, 0.15) is 50.2 Å². The summed E-state index contributed by atoms with van der Waals surface area (Å²) < 4.78 is 5.35. The van der Waals surface area contributed by atoms with Crippen molar-refractivity contribution in [2.75, 3.05) is 20.1 Å². The van der Waals surface area contributed by atoms with E-state index >= 15 is 0 Å². The van der Waals surface area contributed by atoms with Gasteiger partial charge >= 0.3 is 0 Å². The van der Waals surface area contributed by atoms with Crippen LogP contribution in [0.25, 0.3) is 0 Å². The molecule has 7 heteroatoms. The van der Waals surface area contributed by atoms with Crippen LogP contribution in [0.4, 0.5) is 0 Å². The van der Waals surface area contributed by atoms with Crippen LogP contribution in [0.5, 0.6) is 0 Å². The van der Waals surface area contributed by atoms with Crippen LogP contribution in [-0.4, -0.2) is 46.8 Å². The molecule has 0 atom stereocenters. The minimum atomic E-state index is -0.197. The van der Waals surface area contributed by atoms with Crippen molar-refractivity contribution in [3.63, 3.8) is 0 Å². The first-order valence-electron chi connectivity index (χ1n) is 8.63. The summed E-state index contributed by atoms with van der Waals surface area (Å²) in [6.45, 7) is 3.21. The highest BCUT2D eigenvalue weighted by molar-refractivity contribution is 6.42. The number of hydrogen-bond acceptors (Lipinski definition) is 6. The Bertz CT molecular complexity index is 639. The fourth-order valence-electron chi connectivity index (χ4n) is 2.97. The van der Waals surface area contributed by atoms with Crippen molar-refractivity contribution < 1.29 is 9.32 Å². The molecule has 7 nitrogen and oxygen atoms in total. The first-order valence-corrected chi connectivity index (χ1v) is 8.63. The molecule has 0 spiro atoms. The molecule has 2 fully saturated rings. The number of nitrogens with zero attached hydrogens (tertiary/aromatic N) is 3. The van der Waals surface area contributed by atoms with Crippen molar-refractivity contribution in [2.24, 2.45) is 5.92 Å². The second-order valence-corrected chi connectivity index (χ2v) is 6.75. The van der Waals surface area contributed by atoms with Gasteiger partial charge in [0.15, 0.2) is 5.82 Å². The minimum absolute atomic E-state index is 0.0336. The number of piperidine rings is 1. The monoisotopic (exact) mass is 331 g/mol. The zero-order valence-corrected chi connectivity index (χ0v) is 14.3. The lowest BCUT2D eigenvalue weighted by atomic mass is 9.93. The number of likely N-dealkylation sites (tertiary alicyclic amines) is 1. The number of carbonyl (C=O) groups excluding carboxylic acids is 1. The molecule has 130 valence electrons. The number of carbonyl (C=O) groups is 1. The molecule has 1 amide bonds. The van der Waals surface area contributed by atoms with E-state index in [1.165, 1.54) is 12.8 Å². The largest absolute Gasteiger partial charge is 0.392 e. The Morgan fingerprint density at radius 3 is 2.71 bits per heavy atom. The molecule has 0 bridgehead atoms. The summed E-state index contributed by atoms with van der Waals surface area (Å²) in [5, 5.41) is 14.9. The molecular weight excluding hydrogens is 306 g/mol. The van der Waals surface area contributed by atoms with Gasteiger partial charge in [-0.2, -0.15) is 4.98 Å². The lowest BCUT2D eigenvalue weighted by Crippen LogP contribution is -2.42. The van der Waals surface area contributed by atoms with E-state index < -0.39 is 0 Å². The smallest absolute Gasteiger partial charge is 0.271 e. The number of hydrogen-bond donors (Lipinski definition) is 2. The number of nitrogens with one attached hydrogen (secondary N) is 2. The quantitative estimate of drug-likeness (QED) is 0.776. The third-order valence-corrected chi connectivity index (χ3v) is 4.78. The van der Waals surface area contributed by atoms with Gasteiger partial charge in [-0.05, 0) is 44.6 Å². The van der Waals surface area contributed by atoms with Crippen molar-refractivity contribution in [1.29, 1.82) is 5.41 Å². The zero-order chi connectivity index (χ0) is 17.1. The highest BCUT2D eigenvalue weighted by Crippen LogP contribution is 2.38. The van der Waals surface area contributed by atoms with E-state index in [9.17, 15) is 4.79 Å². The third-order valence-electron chi connectivity index (χ3n) is 4.78. The number of allylic oxidation sites excluding steroid dienone is 1. The summed E-state index contributed by atoms with van der Waals surface area (Å²) in [4.78, 5) is 18.5. The highest BCUT2D eigenvalue weighted by Gasteiger charge is 2.30. The van der Waals surface area contributed by atoms with Crippen LogP contribution in [-0.2, 0) is 11.2 Å². The third kappa shape index (κ3) is 4.01. The van der Waals surface area contributed by atoms with Gasteiger partial charge in [-0.25, -0.2) is 0 Å². The van der Waals surface area contributed by atoms with Crippen LogP contribution >= 0.6 is 0 Å². The molecule has 1 aromatic heterocycles. The highest BCUT2D eigenvalue weighted by atomic mass is 16.5.